The fourth-order valence-electron chi connectivity index (χ4n) is 2.49. The summed E-state index contributed by atoms with van der Waals surface area (Å²) in [4.78, 5) is 30.3. The van der Waals surface area contributed by atoms with Gasteiger partial charge in [-0.25, -0.2) is 13.4 Å². The molecule has 0 aliphatic rings. The van der Waals surface area contributed by atoms with E-state index in [0.29, 0.717) is 18.0 Å². The number of ether oxygens (including phenoxy) is 1. The first-order valence-corrected chi connectivity index (χ1v) is 11.4. The molecular formula is C20H19N3O5S2. The minimum absolute atomic E-state index is 0.00689. The molecule has 10 heteroatoms. The normalized spacial score (nSPS) is 11.1. The van der Waals surface area contributed by atoms with Crippen LogP contribution in [0.2, 0.25) is 0 Å². The zero-order chi connectivity index (χ0) is 21.6. The topological polar surface area (TPSA) is 118 Å². The molecule has 0 bridgehead atoms. The van der Waals surface area contributed by atoms with Crippen LogP contribution in [0.25, 0.3) is 0 Å². The van der Waals surface area contributed by atoms with E-state index in [2.05, 4.69) is 15.3 Å². The molecule has 0 radical (unpaired) electrons. The molecule has 2 N–H and O–H groups in total. The van der Waals surface area contributed by atoms with Gasteiger partial charge < -0.3 is 15.0 Å². The van der Waals surface area contributed by atoms with Crippen LogP contribution in [-0.4, -0.2) is 36.7 Å². The summed E-state index contributed by atoms with van der Waals surface area (Å²) >= 11 is 0.990. The number of carbonyl (C=O) groups is 1. The minimum atomic E-state index is -3.97. The first kappa shape index (κ1) is 21.6. The molecule has 156 valence electrons. The molecule has 1 heterocycles. The van der Waals surface area contributed by atoms with Crippen LogP contribution in [0.4, 0.5) is 5.69 Å². The Labute approximate surface area is 177 Å². The van der Waals surface area contributed by atoms with E-state index in [9.17, 15) is 18.0 Å². The molecule has 0 saturated heterocycles. The lowest BCUT2D eigenvalue weighted by Crippen LogP contribution is -2.20. The number of nitrogens with one attached hydrogen (secondary N) is 2. The van der Waals surface area contributed by atoms with Crippen LogP contribution in [0.3, 0.4) is 0 Å². The number of amides is 1. The van der Waals surface area contributed by atoms with Gasteiger partial charge >= 0.3 is 0 Å². The van der Waals surface area contributed by atoms with Crippen molar-refractivity contribution in [2.45, 2.75) is 21.9 Å². The van der Waals surface area contributed by atoms with E-state index in [4.69, 9.17) is 4.74 Å². The number of aromatic nitrogens is 2. The van der Waals surface area contributed by atoms with Crippen molar-refractivity contribution in [1.82, 2.24) is 9.97 Å². The average Bonchev–Trinajstić information content (AvgIpc) is 2.74. The van der Waals surface area contributed by atoms with E-state index in [1.807, 2.05) is 6.92 Å². The Balaban J connectivity index is 1.63. The summed E-state index contributed by atoms with van der Waals surface area (Å²) in [6.07, 6.45) is 1.01. The molecule has 0 fully saturated rings. The third kappa shape index (κ3) is 5.28. The smallest absolute Gasteiger partial charge is 0.270 e. The highest BCUT2D eigenvalue weighted by Gasteiger charge is 2.22. The Morgan fingerprint density at radius 3 is 2.47 bits per heavy atom. The van der Waals surface area contributed by atoms with Crippen molar-refractivity contribution in [2.24, 2.45) is 0 Å². The van der Waals surface area contributed by atoms with Crippen molar-refractivity contribution in [1.29, 1.82) is 0 Å². The molecule has 0 spiro atoms. The summed E-state index contributed by atoms with van der Waals surface area (Å²) in [6.45, 7) is 2.44. The van der Waals surface area contributed by atoms with Gasteiger partial charge in [0, 0.05) is 5.69 Å². The van der Waals surface area contributed by atoms with Crippen LogP contribution in [0.5, 0.6) is 5.75 Å². The molecule has 1 amide bonds. The third-order valence-corrected chi connectivity index (χ3v) is 6.53. The number of rotatable bonds is 8. The summed E-state index contributed by atoms with van der Waals surface area (Å²) < 4.78 is 30.5. The van der Waals surface area contributed by atoms with E-state index >= 15 is 0 Å². The summed E-state index contributed by atoms with van der Waals surface area (Å²) in [5, 5.41) is 2.87. The Morgan fingerprint density at radius 1 is 1.13 bits per heavy atom. The number of sulfone groups is 1. The zero-order valence-electron chi connectivity index (χ0n) is 16.0. The SMILES string of the molecule is CCOc1ccc(NC(=O)CSc2ncc(S(=O)(=O)c3ccccc3)c(=O)[nH]2)cc1. The molecule has 0 aliphatic carbocycles. The molecule has 0 saturated carbocycles. The molecule has 0 unspecified atom stereocenters. The van der Waals surface area contributed by atoms with E-state index in [0.717, 1.165) is 18.0 Å². The highest BCUT2D eigenvalue weighted by molar-refractivity contribution is 7.99. The summed E-state index contributed by atoms with van der Waals surface area (Å²) in [5.74, 6) is 0.394. The maximum Gasteiger partial charge on any atom is 0.270 e. The summed E-state index contributed by atoms with van der Waals surface area (Å²) in [7, 11) is -3.97. The lowest BCUT2D eigenvalue weighted by atomic mass is 10.3. The Kier molecular flexibility index (Phi) is 6.91. The fraction of sp³-hybridized carbons (Fsp3) is 0.150. The number of H-pyrrole nitrogens is 1. The van der Waals surface area contributed by atoms with Crippen LogP contribution in [0, 0.1) is 0 Å². The van der Waals surface area contributed by atoms with Gasteiger partial charge in [-0.05, 0) is 43.3 Å². The molecule has 3 rings (SSSR count). The zero-order valence-corrected chi connectivity index (χ0v) is 17.6. The monoisotopic (exact) mass is 445 g/mol. The maximum atomic E-state index is 12.6. The first-order valence-electron chi connectivity index (χ1n) is 8.95. The van der Waals surface area contributed by atoms with Gasteiger partial charge in [-0.2, -0.15) is 0 Å². The lowest BCUT2D eigenvalue weighted by molar-refractivity contribution is -0.113. The van der Waals surface area contributed by atoms with Crippen molar-refractivity contribution >= 4 is 33.2 Å². The third-order valence-electron chi connectivity index (χ3n) is 3.88. The van der Waals surface area contributed by atoms with Gasteiger partial charge in [0.25, 0.3) is 5.56 Å². The molecule has 8 nitrogen and oxygen atoms in total. The molecular weight excluding hydrogens is 426 g/mol. The van der Waals surface area contributed by atoms with Crippen LogP contribution in [-0.2, 0) is 14.6 Å². The molecule has 0 aliphatic heterocycles. The number of aromatic amines is 1. The van der Waals surface area contributed by atoms with Crippen molar-refractivity contribution in [3.63, 3.8) is 0 Å². The van der Waals surface area contributed by atoms with Gasteiger partial charge in [0.05, 0.1) is 23.5 Å². The van der Waals surface area contributed by atoms with Crippen molar-refractivity contribution < 1.29 is 17.9 Å². The second-order valence-corrected chi connectivity index (χ2v) is 8.87. The van der Waals surface area contributed by atoms with Crippen molar-refractivity contribution in [2.75, 3.05) is 17.7 Å². The van der Waals surface area contributed by atoms with Crippen LogP contribution in [0.1, 0.15) is 6.92 Å². The number of hydrogen-bond donors (Lipinski definition) is 2. The number of nitrogens with zero attached hydrogens (tertiary/aromatic N) is 1. The Morgan fingerprint density at radius 2 is 1.83 bits per heavy atom. The number of anilines is 1. The molecule has 0 atom stereocenters. The van der Waals surface area contributed by atoms with Gasteiger partial charge in [0.2, 0.25) is 15.7 Å². The van der Waals surface area contributed by atoms with E-state index in [-0.39, 0.29) is 21.7 Å². The van der Waals surface area contributed by atoms with E-state index in [1.54, 1.807) is 42.5 Å². The van der Waals surface area contributed by atoms with Gasteiger partial charge in [-0.1, -0.05) is 30.0 Å². The number of benzene rings is 2. The average molecular weight is 446 g/mol. The van der Waals surface area contributed by atoms with Gasteiger partial charge in [0.15, 0.2) is 10.1 Å². The second-order valence-electron chi connectivity index (χ2n) is 5.99. The second kappa shape index (κ2) is 9.59. The predicted octanol–water partition coefficient (Wildman–Crippen LogP) is 2.73. The summed E-state index contributed by atoms with van der Waals surface area (Å²) in [5.41, 5.74) is -0.182. The van der Waals surface area contributed by atoms with Crippen LogP contribution in [0.15, 0.2) is 80.5 Å². The Bertz CT molecular complexity index is 1180. The van der Waals surface area contributed by atoms with Crippen molar-refractivity contribution in [3.8, 4) is 5.75 Å². The predicted molar refractivity (Wildman–Crippen MR) is 114 cm³/mol. The van der Waals surface area contributed by atoms with Crippen LogP contribution >= 0.6 is 11.8 Å². The highest BCUT2D eigenvalue weighted by atomic mass is 32.2. The maximum absolute atomic E-state index is 12.6. The van der Waals surface area contributed by atoms with Crippen molar-refractivity contribution in [3.05, 3.63) is 71.1 Å². The fourth-order valence-corrected chi connectivity index (χ4v) is 4.38. The molecule has 3 aromatic rings. The summed E-state index contributed by atoms with van der Waals surface area (Å²) in [6, 6.07) is 14.6. The quantitative estimate of drug-likeness (QED) is 0.404. The number of carbonyl (C=O) groups excluding carboxylic acids is 1. The largest absolute Gasteiger partial charge is 0.494 e. The molecule has 30 heavy (non-hydrogen) atoms. The Hall–Kier alpha value is -3.11. The van der Waals surface area contributed by atoms with E-state index < -0.39 is 20.3 Å². The van der Waals surface area contributed by atoms with Gasteiger partial charge in [-0.15, -0.1) is 0 Å². The van der Waals surface area contributed by atoms with E-state index in [1.165, 1.54) is 12.1 Å². The minimum Gasteiger partial charge on any atom is -0.494 e. The number of hydrogen-bond acceptors (Lipinski definition) is 7. The van der Waals surface area contributed by atoms with Gasteiger partial charge in [-0.3, -0.25) is 9.59 Å². The standard InChI is InChI=1S/C20H19N3O5S2/c1-2-28-15-10-8-14(9-11-15)22-18(24)13-29-20-21-12-17(19(25)23-20)30(26,27)16-6-4-3-5-7-16/h3-12H,2,13H2,1H3,(H,22,24)(H,21,23,25). The first-order chi connectivity index (χ1) is 14.4. The lowest BCUT2D eigenvalue weighted by Gasteiger charge is -2.07. The molecule has 1 aromatic heterocycles. The van der Waals surface area contributed by atoms with Gasteiger partial charge in [0.1, 0.15) is 5.75 Å². The number of thioether (sulfide) groups is 1. The highest BCUT2D eigenvalue weighted by Crippen LogP contribution is 2.19. The molecule has 2 aromatic carbocycles. The van der Waals surface area contributed by atoms with Crippen LogP contribution < -0.4 is 15.6 Å².